The highest BCUT2D eigenvalue weighted by molar-refractivity contribution is 7.89. The molecule has 0 amide bonds. The minimum Gasteiger partial charge on any atom is -0.394 e. The highest BCUT2D eigenvalue weighted by Gasteiger charge is 2.36. The molecule has 1 fully saturated rings. The Kier molecular flexibility index (Phi) is 4.54. The molecule has 0 aliphatic heterocycles. The van der Waals surface area contributed by atoms with E-state index in [1.165, 1.54) is 0 Å². The Bertz CT molecular complexity index is 496. The molecule has 0 aromatic carbocycles. The lowest BCUT2D eigenvalue weighted by Crippen LogP contribution is -2.50. The Morgan fingerprint density at radius 2 is 2.05 bits per heavy atom. The third-order valence-corrected chi connectivity index (χ3v) is 5.07. The molecule has 2 N–H and O–H groups in total. The van der Waals surface area contributed by atoms with Crippen LogP contribution in [-0.4, -0.2) is 36.4 Å². The van der Waals surface area contributed by atoms with Crippen LogP contribution in [0.1, 0.15) is 31.4 Å². The smallest absolute Gasteiger partial charge is 0.212 e. The van der Waals surface area contributed by atoms with Crippen molar-refractivity contribution >= 4 is 10.0 Å². The number of aryl methyl sites for hydroxylation is 1. The molecule has 106 valence electrons. The van der Waals surface area contributed by atoms with E-state index < -0.39 is 15.6 Å². The van der Waals surface area contributed by atoms with E-state index in [2.05, 4.69) is 9.71 Å². The molecule has 1 aromatic heterocycles. The molecule has 0 saturated heterocycles. The van der Waals surface area contributed by atoms with Crippen LogP contribution in [0.4, 0.5) is 0 Å². The molecule has 0 unspecified atom stereocenters. The van der Waals surface area contributed by atoms with Gasteiger partial charge in [-0.05, 0) is 25.0 Å². The minimum atomic E-state index is -3.38. The average molecular weight is 284 g/mol. The maximum atomic E-state index is 12.1. The first-order valence-corrected chi connectivity index (χ1v) is 8.23. The molecule has 1 saturated carbocycles. The summed E-state index contributed by atoms with van der Waals surface area (Å²) in [4.78, 5) is 4.11. The van der Waals surface area contributed by atoms with E-state index in [1.807, 2.05) is 12.1 Å². The molecule has 6 heteroatoms. The van der Waals surface area contributed by atoms with E-state index >= 15 is 0 Å². The zero-order valence-corrected chi connectivity index (χ0v) is 11.7. The van der Waals surface area contributed by atoms with Gasteiger partial charge in [0.2, 0.25) is 10.0 Å². The van der Waals surface area contributed by atoms with Crippen LogP contribution >= 0.6 is 0 Å². The molecule has 1 aliphatic rings. The van der Waals surface area contributed by atoms with Crippen LogP contribution in [0.25, 0.3) is 0 Å². The number of hydrogen-bond donors (Lipinski definition) is 2. The Morgan fingerprint density at radius 3 is 2.63 bits per heavy atom. The number of rotatable bonds is 6. The molecule has 19 heavy (non-hydrogen) atoms. The molecule has 1 aliphatic carbocycles. The van der Waals surface area contributed by atoms with Crippen molar-refractivity contribution in [1.29, 1.82) is 0 Å². The molecular weight excluding hydrogens is 264 g/mol. The van der Waals surface area contributed by atoms with Gasteiger partial charge in [-0.1, -0.05) is 18.9 Å². The first-order valence-electron chi connectivity index (χ1n) is 6.58. The van der Waals surface area contributed by atoms with E-state index in [4.69, 9.17) is 0 Å². The van der Waals surface area contributed by atoms with Gasteiger partial charge < -0.3 is 5.11 Å². The number of hydrogen-bond acceptors (Lipinski definition) is 4. The van der Waals surface area contributed by atoms with E-state index in [9.17, 15) is 13.5 Å². The Hall–Kier alpha value is -0.980. The van der Waals surface area contributed by atoms with Crippen molar-refractivity contribution in [2.24, 2.45) is 0 Å². The second kappa shape index (κ2) is 5.98. The summed E-state index contributed by atoms with van der Waals surface area (Å²) in [6.07, 6.45) is 5.39. The molecule has 1 aromatic rings. The number of sulfonamides is 1. The second-order valence-corrected chi connectivity index (χ2v) is 6.98. The van der Waals surface area contributed by atoms with Crippen molar-refractivity contribution in [2.75, 3.05) is 12.4 Å². The van der Waals surface area contributed by atoms with Crippen LogP contribution < -0.4 is 4.72 Å². The first-order chi connectivity index (χ1) is 9.05. The number of nitrogens with one attached hydrogen (secondary N) is 1. The highest BCUT2D eigenvalue weighted by atomic mass is 32.2. The Morgan fingerprint density at radius 1 is 1.32 bits per heavy atom. The van der Waals surface area contributed by atoms with Crippen LogP contribution in [0.15, 0.2) is 24.4 Å². The van der Waals surface area contributed by atoms with Gasteiger partial charge in [-0.15, -0.1) is 0 Å². The van der Waals surface area contributed by atoms with Gasteiger partial charge in [0.05, 0.1) is 17.9 Å². The number of aliphatic hydroxyl groups is 1. The van der Waals surface area contributed by atoms with Crippen LogP contribution in [0, 0.1) is 0 Å². The number of aromatic nitrogens is 1. The molecule has 0 spiro atoms. The van der Waals surface area contributed by atoms with Gasteiger partial charge in [-0.25, -0.2) is 13.1 Å². The summed E-state index contributed by atoms with van der Waals surface area (Å²) >= 11 is 0. The van der Waals surface area contributed by atoms with Gasteiger partial charge in [0.1, 0.15) is 0 Å². The number of aliphatic hydroxyl groups excluding tert-OH is 1. The lowest BCUT2D eigenvalue weighted by atomic mass is 10.0. The van der Waals surface area contributed by atoms with Gasteiger partial charge in [0.15, 0.2) is 0 Å². The third kappa shape index (κ3) is 3.99. The largest absolute Gasteiger partial charge is 0.394 e. The van der Waals surface area contributed by atoms with Gasteiger partial charge in [0, 0.05) is 18.3 Å². The quantitative estimate of drug-likeness (QED) is 0.811. The third-order valence-electron chi connectivity index (χ3n) is 3.59. The van der Waals surface area contributed by atoms with Crippen LogP contribution in [0.5, 0.6) is 0 Å². The minimum absolute atomic E-state index is 0.00572. The van der Waals surface area contributed by atoms with Crippen LogP contribution in [-0.2, 0) is 16.4 Å². The summed E-state index contributed by atoms with van der Waals surface area (Å²) < 4.78 is 26.8. The van der Waals surface area contributed by atoms with Crippen LogP contribution in [0.3, 0.4) is 0 Å². The molecule has 0 radical (unpaired) electrons. The summed E-state index contributed by atoms with van der Waals surface area (Å²) in [5.41, 5.74) is 0.125. The zero-order valence-electron chi connectivity index (χ0n) is 10.9. The van der Waals surface area contributed by atoms with E-state index in [-0.39, 0.29) is 12.4 Å². The van der Waals surface area contributed by atoms with Crippen molar-refractivity contribution in [3.8, 4) is 0 Å². The van der Waals surface area contributed by atoms with Gasteiger partial charge >= 0.3 is 0 Å². The summed E-state index contributed by atoms with van der Waals surface area (Å²) in [6, 6.07) is 5.46. The van der Waals surface area contributed by atoms with Crippen molar-refractivity contribution in [2.45, 2.75) is 37.6 Å². The van der Waals surface area contributed by atoms with Gasteiger partial charge in [-0.3, -0.25) is 4.98 Å². The van der Waals surface area contributed by atoms with E-state index in [0.717, 1.165) is 18.5 Å². The number of nitrogens with zero attached hydrogens (tertiary/aromatic N) is 1. The van der Waals surface area contributed by atoms with Gasteiger partial charge in [-0.2, -0.15) is 0 Å². The Balaban J connectivity index is 1.95. The average Bonchev–Trinajstić information content (AvgIpc) is 2.86. The summed E-state index contributed by atoms with van der Waals surface area (Å²) in [7, 11) is -3.38. The first kappa shape index (κ1) is 14.4. The molecule has 2 rings (SSSR count). The van der Waals surface area contributed by atoms with Crippen LogP contribution in [0.2, 0.25) is 0 Å². The van der Waals surface area contributed by atoms with E-state index in [1.54, 1.807) is 12.3 Å². The summed E-state index contributed by atoms with van der Waals surface area (Å²) in [5.74, 6) is 0.00572. The topological polar surface area (TPSA) is 79.3 Å². The number of pyridine rings is 1. The lowest BCUT2D eigenvalue weighted by molar-refractivity contribution is 0.185. The van der Waals surface area contributed by atoms with Crippen molar-refractivity contribution < 1.29 is 13.5 Å². The molecule has 0 bridgehead atoms. The molecule has 5 nitrogen and oxygen atoms in total. The predicted octanol–water partition coefficient (Wildman–Crippen LogP) is 0.849. The summed E-state index contributed by atoms with van der Waals surface area (Å²) in [6.45, 7) is -0.129. The predicted molar refractivity (Wildman–Crippen MR) is 73.1 cm³/mol. The van der Waals surface area contributed by atoms with Crippen molar-refractivity contribution in [1.82, 2.24) is 9.71 Å². The fourth-order valence-electron chi connectivity index (χ4n) is 2.51. The fraction of sp³-hybridized carbons (Fsp3) is 0.615. The fourth-order valence-corrected chi connectivity index (χ4v) is 4.02. The van der Waals surface area contributed by atoms with Gasteiger partial charge in [0.25, 0.3) is 0 Å². The van der Waals surface area contributed by atoms with E-state index in [0.29, 0.717) is 19.3 Å². The summed E-state index contributed by atoms with van der Waals surface area (Å²) in [5, 5.41) is 9.43. The monoisotopic (exact) mass is 284 g/mol. The van der Waals surface area contributed by atoms with Crippen molar-refractivity contribution in [3.63, 3.8) is 0 Å². The highest BCUT2D eigenvalue weighted by Crippen LogP contribution is 2.29. The second-order valence-electron chi connectivity index (χ2n) is 5.14. The maximum Gasteiger partial charge on any atom is 0.212 e. The lowest BCUT2D eigenvalue weighted by Gasteiger charge is -2.27. The molecule has 1 heterocycles. The molecular formula is C13H20N2O3S. The normalized spacial score (nSPS) is 18.6. The molecule has 0 atom stereocenters. The van der Waals surface area contributed by atoms with Crippen molar-refractivity contribution in [3.05, 3.63) is 30.1 Å². The maximum absolute atomic E-state index is 12.1. The standard InChI is InChI=1S/C13H20N2O3S/c16-11-13(7-2-3-8-13)15-19(17,18)10-6-12-5-1-4-9-14-12/h1,4-5,9,15-16H,2-3,6-8,10-11H2. The zero-order chi connectivity index (χ0) is 13.8. The Labute approximate surface area is 114 Å². The SMILES string of the molecule is O=S(=O)(CCc1ccccn1)NC1(CO)CCCC1.